The Morgan fingerprint density at radius 2 is 2.47 bits per heavy atom. The number of aromatic nitrogens is 1. The molecule has 0 aromatic carbocycles. The van der Waals surface area contributed by atoms with Crippen molar-refractivity contribution in [1.29, 1.82) is 0 Å². The van der Waals surface area contributed by atoms with Gasteiger partial charge in [0.1, 0.15) is 10.9 Å². The Hall–Kier alpha value is -1.47. The second-order valence-electron chi connectivity index (χ2n) is 3.76. The fourth-order valence-corrected chi connectivity index (χ4v) is 2.27. The summed E-state index contributed by atoms with van der Waals surface area (Å²) in [6, 6.07) is -0.375. The van der Waals surface area contributed by atoms with Crippen molar-refractivity contribution < 1.29 is 14.3 Å². The van der Waals surface area contributed by atoms with Crippen molar-refractivity contribution in [1.82, 2.24) is 15.6 Å². The fraction of sp³-hybridized carbons (Fsp3) is 0.500. The van der Waals surface area contributed by atoms with Crippen molar-refractivity contribution in [3.05, 3.63) is 16.6 Å². The van der Waals surface area contributed by atoms with Crippen LogP contribution >= 0.6 is 11.3 Å². The molecule has 0 saturated carbocycles. The Balaban J connectivity index is 1.86. The summed E-state index contributed by atoms with van der Waals surface area (Å²) in [6.07, 6.45) is 2.08. The molecule has 17 heavy (non-hydrogen) atoms. The largest absolute Gasteiger partial charge is 0.468 e. The first-order chi connectivity index (χ1) is 8.20. The molecule has 2 rings (SSSR count). The zero-order valence-corrected chi connectivity index (χ0v) is 10.1. The molecule has 1 aliphatic rings. The third kappa shape index (κ3) is 2.80. The zero-order valence-electron chi connectivity index (χ0n) is 9.30. The average Bonchev–Trinajstić information content (AvgIpc) is 2.98. The number of ether oxygens (including phenoxy) is 1. The molecule has 0 spiro atoms. The number of carbonyl (C=O) groups is 2. The van der Waals surface area contributed by atoms with Crippen LogP contribution in [0, 0.1) is 0 Å². The normalized spacial score (nSPS) is 23.4. The van der Waals surface area contributed by atoms with Crippen LogP contribution in [-0.2, 0) is 9.53 Å². The Bertz CT molecular complexity index is 407. The second-order valence-corrected chi connectivity index (χ2v) is 4.64. The van der Waals surface area contributed by atoms with E-state index >= 15 is 0 Å². The van der Waals surface area contributed by atoms with E-state index in [0.29, 0.717) is 17.8 Å². The van der Waals surface area contributed by atoms with E-state index in [1.807, 2.05) is 0 Å². The first kappa shape index (κ1) is 12.0. The zero-order chi connectivity index (χ0) is 12.3. The number of methoxy groups -OCH3 is 1. The molecule has 1 aromatic rings. The van der Waals surface area contributed by atoms with Gasteiger partial charge in [-0.3, -0.25) is 14.6 Å². The average molecular weight is 255 g/mol. The fourth-order valence-electron chi connectivity index (χ4n) is 1.75. The number of nitrogens with one attached hydrogen (secondary N) is 2. The molecule has 0 bridgehead atoms. The predicted molar refractivity (Wildman–Crippen MR) is 61.8 cm³/mol. The lowest BCUT2D eigenvalue weighted by Gasteiger charge is -2.10. The lowest BCUT2D eigenvalue weighted by atomic mass is 10.2. The van der Waals surface area contributed by atoms with Crippen molar-refractivity contribution in [2.75, 3.05) is 13.7 Å². The molecule has 0 radical (unpaired) electrons. The molecule has 1 amide bonds. The van der Waals surface area contributed by atoms with Crippen molar-refractivity contribution >= 4 is 23.2 Å². The van der Waals surface area contributed by atoms with Crippen LogP contribution in [0.15, 0.2) is 11.7 Å². The summed E-state index contributed by atoms with van der Waals surface area (Å²) in [5.41, 5.74) is 1.61. The molecule has 1 aromatic heterocycles. The molecule has 1 aliphatic heterocycles. The molecule has 2 heterocycles. The highest BCUT2D eigenvalue weighted by atomic mass is 32.1. The molecular formula is C10H13N3O3S. The quantitative estimate of drug-likeness (QED) is 0.730. The van der Waals surface area contributed by atoms with Crippen molar-refractivity contribution in [2.24, 2.45) is 0 Å². The lowest BCUT2D eigenvalue weighted by molar-refractivity contribution is -0.142. The first-order valence-corrected chi connectivity index (χ1v) is 6.09. The molecule has 2 N–H and O–H groups in total. The molecule has 0 unspecified atom stereocenters. The summed E-state index contributed by atoms with van der Waals surface area (Å²) in [7, 11) is 1.35. The van der Waals surface area contributed by atoms with Crippen LogP contribution in [0.1, 0.15) is 16.1 Å². The summed E-state index contributed by atoms with van der Waals surface area (Å²) in [6.45, 7) is 0.574. The standard InChI is InChI=1S/C10H13N3O3S/c1-16-10(15)7-2-6(3-12-7)13-9(14)8-4-11-5-17-8/h4-7,12H,2-3H2,1H3,(H,13,14)/t6-,7+/m1/s1. The molecule has 0 aliphatic carbocycles. The van der Waals surface area contributed by atoms with Gasteiger partial charge in [0.05, 0.1) is 18.8 Å². The van der Waals surface area contributed by atoms with Gasteiger partial charge in [-0.05, 0) is 6.42 Å². The van der Waals surface area contributed by atoms with Crippen LogP contribution in [-0.4, -0.2) is 42.6 Å². The molecule has 92 valence electrons. The van der Waals surface area contributed by atoms with E-state index in [0.717, 1.165) is 0 Å². The third-order valence-electron chi connectivity index (χ3n) is 2.61. The SMILES string of the molecule is COC(=O)[C@@H]1C[C@@H](NC(=O)c2cncs2)CN1. The van der Waals surface area contributed by atoms with E-state index in [9.17, 15) is 9.59 Å². The minimum Gasteiger partial charge on any atom is -0.468 e. The molecule has 6 nitrogen and oxygen atoms in total. The smallest absolute Gasteiger partial charge is 0.322 e. The van der Waals surface area contributed by atoms with E-state index in [2.05, 4.69) is 20.4 Å². The number of hydrogen-bond acceptors (Lipinski definition) is 6. The minimum atomic E-state index is -0.327. The van der Waals surface area contributed by atoms with Crippen LogP contribution in [0.2, 0.25) is 0 Å². The number of esters is 1. The highest BCUT2D eigenvalue weighted by Gasteiger charge is 2.31. The van der Waals surface area contributed by atoms with Gasteiger partial charge in [-0.15, -0.1) is 11.3 Å². The highest BCUT2D eigenvalue weighted by Crippen LogP contribution is 2.10. The van der Waals surface area contributed by atoms with E-state index < -0.39 is 0 Å². The minimum absolute atomic E-state index is 0.0475. The lowest BCUT2D eigenvalue weighted by Crippen LogP contribution is -2.35. The number of nitrogens with zero attached hydrogens (tertiary/aromatic N) is 1. The van der Waals surface area contributed by atoms with Gasteiger partial charge >= 0.3 is 5.97 Å². The van der Waals surface area contributed by atoms with Gasteiger partial charge in [0.2, 0.25) is 0 Å². The van der Waals surface area contributed by atoms with E-state index in [4.69, 9.17) is 0 Å². The predicted octanol–water partition coefficient (Wildman–Crippen LogP) is -0.224. The van der Waals surface area contributed by atoms with E-state index in [-0.39, 0.29) is 24.0 Å². The van der Waals surface area contributed by atoms with E-state index in [1.54, 1.807) is 5.51 Å². The van der Waals surface area contributed by atoms with Gasteiger partial charge in [0, 0.05) is 12.6 Å². The van der Waals surface area contributed by atoms with Crippen LogP contribution in [0.25, 0.3) is 0 Å². The number of hydrogen-bond donors (Lipinski definition) is 2. The Morgan fingerprint density at radius 3 is 3.12 bits per heavy atom. The number of amides is 1. The van der Waals surface area contributed by atoms with Gasteiger partial charge < -0.3 is 15.4 Å². The van der Waals surface area contributed by atoms with E-state index in [1.165, 1.54) is 24.6 Å². The maximum atomic E-state index is 11.7. The summed E-state index contributed by atoms with van der Waals surface area (Å²) in [4.78, 5) is 27.4. The summed E-state index contributed by atoms with van der Waals surface area (Å²) >= 11 is 1.29. The summed E-state index contributed by atoms with van der Waals surface area (Å²) < 4.78 is 4.64. The third-order valence-corrected chi connectivity index (χ3v) is 3.38. The van der Waals surface area contributed by atoms with Crippen LogP contribution in [0.5, 0.6) is 0 Å². The Kier molecular flexibility index (Phi) is 3.70. The maximum Gasteiger partial charge on any atom is 0.322 e. The highest BCUT2D eigenvalue weighted by molar-refractivity contribution is 7.11. The van der Waals surface area contributed by atoms with Gasteiger partial charge in [-0.1, -0.05) is 0 Å². The molecular weight excluding hydrogens is 242 g/mol. The number of thiazole rings is 1. The molecule has 1 fully saturated rings. The Morgan fingerprint density at radius 1 is 1.65 bits per heavy atom. The van der Waals surface area contributed by atoms with Gasteiger partial charge in [0.15, 0.2) is 0 Å². The first-order valence-electron chi connectivity index (χ1n) is 5.21. The molecule has 2 atom stereocenters. The van der Waals surface area contributed by atoms with Crippen LogP contribution in [0.4, 0.5) is 0 Å². The monoisotopic (exact) mass is 255 g/mol. The van der Waals surface area contributed by atoms with Crippen molar-refractivity contribution in [2.45, 2.75) is 18.5 Å². The van der Waals surface area contributed by atoms with Crippen molar-refractivity contribution in [3.63, 3.8) is 0 Å². The summed E-state index contributed by atoms with van der Waals surface area (Å²) in [5, 5.41) is 5.86. The van der Waals surface area contributed by atoms with Gasteiger partial charge in [-0.25, -0.2) is 0 Å². The maximum absolute atomic E-state index is 11.7. The number of rotatable bonds is 3. The van der Waals surface area contributed by atoms with Crippen LogP contribution < -0.4 is 10.6 Å². The summed E-state index contributed by atoms with van der Waals surface area (Å²) in [5.74, 6) is -0.440. The number of carbonyl (C=O) groups excluding carboxylic acids is 2. The van der Waals surface area contributed by atoms with Crippen LogP contribution in [0.3, 0.4) is 0 Å². The molecule has 7 heteroatoms. The Labute approximate surface area is 102 Å². The topological polar surface area (TPSA) is 80.3 Å². The van der Waals surface area contributed by atoms with Crippen molar-refractivity contribution in [3.8, 4) is 0 Å². The van der Waals surface area contributed by atoms with Gasteiger partial charge in [0.25, 0.3) is 5.91 Å². The van der Waals surface area contributed by atoms with Gasteiger partial charge in [-0.2, -0.15) is 0 Å². The molecule has 1 saturated heterocycles. The second kappa shape index (κ2) is 5.24.